The van der Waals surface area contributed by atoms with E-state index in [-0.39, 0.29) is 18.6 Å². The van der Waals surface area contributed by atoms with Gasteiger partial charge in [-0.25, -0.2) is 0 Å². The summed E-state index contributed by atoms with van der Waals surface area (Å²) in [6.07, 6.45) is 0.123. The molecule has 0 saturated carbocycles. The minimum atomic E-state index is -0.0717. The van der Waals surface area contributed by atoms with Crippen LogP contribution >= 0.6 is 0 Å². The highest BCUT2D eigenvalue weighted by atomic mass is 16.5. The van der Waals surface area contributed by atoms with Crippen molar-refractivity contribution in [3.8, 4) is 5.75 Å². The van der Waals surface area contributed by atoms with E-state index in [4.69, 9.17) is 4.74 Å². The lowest BCUT2D eigenvalue weighted by molar-refractivity contribution is -0.114. The molecule has 0 bridgehead atoms. The summed E-state index contributed by atoms with van der Waals surface area (Å²) in [6, 6.07) is 13.6. The van der Waals surface area contributed by atoms with Crippen LogP contribution < -0.4 is 15.4 Å². The molecular weight excluding hydrogens is 288 g/mol. The number of anilines is 2. The number of ether oxygens (including phenoxy) is 1. The predicted octanol–water partition coefficient (Wildman–Crippen LogP) is 4.14. The summed E-state index contributed by atoms with van der Waals surface area (Å²) < 4.78 is 5.65. The summed E-state index contributed by atoms with van der Waals surface area (Å²) in [5.41, 5.74) is 3.87. The normalized spacial score (nSPS) is 10.5. The summed E-state index contributed by atoms with van der Waals surface area (Å²) in [5, 5.41) is 6.09. The maximum atomic E-state index is 12.1. The maximum Gasteiger partial charge on any atom is 0.243 e. The van der Waals surface area contributed by atoms with Crippen LogP contribution in [0.15, 0.2) is 42.5 Å². The molecule has 2 aromatic carbocycles. The molecule has 0 spiro atoms. The quantitative estimate of drug-likeness (QED) is 0.843. The molecule has 0 fully saturated rings. The van der Waals surface area contributed by atoms with Gasteiger partial charge in [-0.3, -0.25) is 4.79 Å². The van der Waals surface area contributed by atoms with E-state index in [2.05, 4.69) is 10.6 Å². The zero-order valence-electron chi connectivity index (χ0n) is 14.1. The second-order valence-electron chi connectivity index (χ2n) is 5.86. The van der Waals surface area contributed by atoms with Gasteiger partial charge in [0.15, 0.2) is 0 Å². The summed E-state index contributed by atoms with van der Waals surface area (Å²) in [4.78, 5) is 12.1. The Balaban J connectivity index is 1.94. The van der Waals surface area contributed by atoms with Crippen LogP contribution in [0.2, 0.25) is 0 Å². The number of nitrogens with one attached hydrogen (secondary N) is 2. The molecular formula is C19H24N2O2. The second kappa shape index (κ2) is 7.68. The van der Waals surface area contributed by atoms with Crippen molar-refractivity contribution >= 4 is 17.3 Å². The Morgan fingerprint density at radius 3 is 2.39 bits per heavy atom. The highest BCUT2D eigenvalue weighted by Crippen LogP contribution is 2.20. The van der Waals surface area contributed by atoms with Crippen LogP contribution in [0.25, 0.3) is 0 Å². The first-order valence-corrected chi connectivity index (χ1v) is 7.82. The molecule has 4 heteroatoms. The van der Waals surface area contributed by atoms with Crippen LogP contribution in [0.1, 0.15) is 25.0 Å². The fraction of sp³-hybridized carbons (Fsp3) is 0.316. The molecule has 0 atom stereocenters. The van der Waals surface area contributed by atoms with Crippen LogP contribution in [-0.4, -0.2) is 18.6 Å². The van der Waals surface area contributed by atoms with Crippen molar-refractivity contribution in [1.82, 2.24) is 0 Å². The molecule has 2 rings (SSSR count). The molecule has 4 nitrogen and oxygen atoms in total. The zero-order chi connectivity index (χ0) is 16.8. The molecule has 0 radical (unpaired) electrons. The Morgan fingerprint density at radius 2 is 1.74 bits per heavy atom. The van der Waals surface area contributed by atoms with Crippen LogP contribution in [0.5, 0.6) is 5.75 Å². The second-order valence-corrected chi connectivity index (χ2v) is 5.86. The highest BCUT2D eigenvalue weighted by Gasteiger charge is 2.07. The third kappa shape index (κ3) is 5.02. The smallest absolute Gasteiger partial charge is 0.243 e. The number of benzene rings is 2. The van der Waals surface area contributed by atoms with Crippen molar-refractivity contribution in [3.05, 3.63) is 53.6 Å². The third-order valence-electron chi connectivity index (χ3n) is 3.40. The number of hydrogen-bond donors (Lipinski definition) is 2. The van der Waals surface area contributed by atoms with Crippen molar-refractivity contribution in [3.63, 3.8) is 0 Å². The molecule has 0 heterocycles. The number of para-hydroxylation sites is 1. The van der Waals surface area contributed by atoms with E-state index in [1.165, 1.54) is 0 Å². The molecule has 0 aliphatic carbocycles. The van der Waals surface area contributed by atoms with Gasteiger partial charge in [-0.15, -0.1) is 0 Å². The first-order chi connectivity index (χ1) is 11.0. The van der Waals surface area contributed by atoms with Gasteiger partial charge < -0.3 is 15.4 Å². The van der Waals surface area contributed by atoms with Gasteiger partial charge in [0.1, 0.15) is 5.75 Å². The molecule has 0 aliphatic rings. The molecule has 23 heavy (non-hydrogen) atoms. The van der Waals surface area contributed by atoms with Gasteiger partial charge >= 0.3 is 0 Å². The van der Waals surface area contributed by atoms with Crippen LogP contribution in [0, 0.1) is 13.8 Å². The molecule has 1 amide bonds. The number of carbonyl (C=O) groups excluding carboxylic acids is 1. The largest absolute Gasteiger partial charge is 0.491 e. The molecule has 0 saturated heterocycles. The van der Waals surface area contributed by atoms with Crippen LogP contribution in [-0.2, 0) is 4.79 Å². The molecule has 122 valence electrons. The molecule has 2 aromatic rings. The van der Waals surface area contributed by atoms with Crippen LogP contribution in [0.3, 0.4) is 0 Å². The topological polar surface area (TPSA) is 50.4 Å². The number of carbonyl (C=O) groups is 1. The van der Waals surface area contributed by atoms with Crippen molar-refractivity contribution < 1.29 is 9.53 Å². The van der Waals surface area contributed by atoms with Gasteiger partial charge in [0.05, 0.1) is 12.6 Å². The molecule has 0 unspecified atom stereocenters. The van der Waals surface area contributed by atoms with E-state index in [1.54, 1.807) is 0 Å². The molecule has 2 N–H and O–H groups in total. The van der Waals surface area contributed by atoms with Gasteiger partial charge in [-0.05, 0) is 51.0 Å². The van der Waals surface area contributed by atoms with E-state index in [1.807, 2.05) is 70.2 Å². The number of hydrogen-bond acceptors (Lipinski definition) is 3. The lowest BCUT2D eigenvalue weighted by atomic mass is 10.1. The number of rotatable bonds is 6. The Kier molecular flexibility index (Phi) is 5.63. The van der Waals surface area contributed by atoms with Crippen molar-refractivity contribution in [2.75, 3.05) is 17.2 Å². The standard InChI is InChI=1S/C19H24N2O2/c1-13(2)23-17-10-6-9-16(11-17)20-12-18(22)21-19-14(3)7-5-8-15(19)4/h5-11,13,20H,12H2,1-4H3,(H,21,22). The summed E-state index contributed by atoms with van der Waals surface area (Å²) in [7, 11) is 0. The van der Waals surface area contributed by atoms with E-state index in [0.717, 1.165) is 28.3 Å². The van der Waals surface area contributed by atoms with Crippen molar-refractivity contribution in [2.24, 2.45) is 0 Å². The first-order valence-electron chi connectivity index (χ1n) is 7.82. The fourth-order valence-corrected chi connectivity index (χ4v) is 2.33. The van der Waals surface area contributed by atoms with Crippen molar-refractivity contribution in [1.29, 1.82) is 0 Å². The van der Waals surface area contributed by atoms with Crippen molar-refractivity contribution in [2.45, 2.75) is 33.8 Å². The van der Waals surface area contributed by atoms with E-state index in [9.17, 15) is 4.79 Å². The molecule has 0 aromatic heterocycles. The lowest BCUT2D eigenvalue weighted by Gasteiger charge is -2.13. The van der Waals surface area contributed by atoms with Crippen LogP contribution in [0.4, 0.5) is 11.4 Å². The van der Waals surface area contributed by atoms with Gasteiger partial charge in [-0.2, -0.15) is 0 Å². The van der Waals surface area contributed by atoms with Gasteiger partial charge in [0.2, 0.25) is 5.91 Å². The SMILES string of the molecule is Cc1cccc(C)c1NC(=O)CNc1cccc(OC(C)C)c1. The minimum Gasteiger partial charge on any atom is -0.491 e. The lowest BCUT2D eigenvalue weighted by Crippen LogP contribution is -2.22. The third-order valence-corrected chi connectivity index (χ3v) is 3.40. The summed E-state index contributed by atoms with van der Waals surface area (Å²) >= 11 is 0. The minimum absolute atomic E-state index is 0.0717. The zero-order valence-corrected chi connectivity index (χ0v) is 14.1. The summed E-state index contributed by atoms with van der Waals surface area (Å²) in [6.45, 7) is 8.15. The molecule has 0 aliphatic heterocycles. The predicted molar refractivity (Wildman–Crippen MR) is 95.2 cm³/mol. The van der Waals surface area contributed by atoms with Gasteiger partial charge in [-0.1, -0.05) is 24.3 Å². The van der Waals surface area contributed by atoms with E-state index in [0.29, 0.717) is 0 Å². The average molecular weight is 312 g/mol. The Labute approximate surface area is 137 Å². The van der Waals surface area contributed by atoms with E-state index >= 15 is 0 Å². The van der Waals surface area contributed by atoms with E-state index < -0.39 is 0 Å². The maximum absolute atomic E-state index is 12.1. The Morgan fingerprint density at radius 1 is 1.09 bits per heavy atom. The summed E-state index contributed by atoms with van der Waals surface area (Å²) in [5.74, 6) is 0.720. The average Bonchev–Trinajstić information content (AvgIpc) is 2.49. The number of aryl methyl sites for hydroxylation is 2. The number of amides is 1. The van der Waals surface area contributed by atoms with Gasteiger partial charge in [0.25, 0.3) is 0 Å². The monoisotopic (exact) mass is 312 g/mol. The Bertz CT molecular complexity index is 661. The fourth-order valence-electron chi connectivity index (χ4n) is 2.33. The first kappa shape index (κ1) is 16.9. The Hall–Kier alpha value is -2.49. The van der Waals surface area contributed by atoms with Gasteiger partial charge in [0, 0.05) is 17.4 Å². The highest BCUT2D eigenvalue weighted by molar-refractivity contribution is 5.95.